The maximum absolute atomic E-state index is 10.4. The van der Waals surface area contributed by atoms with E-state index in [0.717, 1.165) is 53.2 Å². The Kier molecular flexibility index (Phi) is 4.19. The Labute approximate surface area is 146 Å². The molecule has 0 bridgehead atoms. The molecule has 0 amide bonds. The lowest BCUT2D eigenvalue weighted by atomic mass is 10.0. The zero-order valence-corrected chi connectivity index (χ0v) is 14.5. The van der Waals surface area contributed by atoms with Crippen LogP contribution in [-0.4, -0.2) is 56.7 Å². The Bertz CT molecular complexity index is 871. The third-order valence-electron chi connectivity index (χ3n) is 4.93. The molecular formula is C18H23N5O2. The van der Waals surface area contributed by atoms with Gasteiger partial charge in [-0.05, 0) is 37.6 Å². The second-order valence-electron chi connectivity index (χ2n) is 6.85. The van der Waals surface area contributed by atoms with Crippen LogP contribution in [0, 0.1) is 12.8 Å². The van der Waals surface area contributed by atoms with E-state index < -0.39 is 0 Å². The van der Waals surface area contributed by atoms with Crippen molar-refractivity contribution >= 4 is 10.9 Å². The molecule has 1 aromatic carbocycles. The Morgan fingerprint density at radius 3 is 2.88 bits per heavy atom. The van der Waals surface area contributed by atoms with Crippen LogP contribution in [-0.2, 0) is 13.0 Å². The summed E-state index contributed by atoms with van der Waals surface area (Å²) in [6.07, 6.45) is 0.459. The number of H-pyrrole nitrogens is 2. The number of rotatable bonds is 5. The number of aliphatic hydroxyl groups is 1. The molecule has 0 saturated carbocycles. The van der Waals surface area contributed by atoms with Gasteiger partial charge in [0.25, 0.3) is 0 Å². The van der Waals surface area contributed by atoms with Gasteiger partial charge in [0.15, 0.2) is 0 Å². The number of aromatic nitrogens is 4. The maximum Gasteiger partial charge on any atom is 0.119 e. The van der Waals surface area contributed by atoms with Crippen molar-refractivity contribution in [2.24, 2.45) is 5.92 Å². The van der Waals surface area contributed by atoms with Crippen LogP contribution in [0.2, 0.25) is 0 Å². The summed E-state index contributed by atoms with van der Waals surface area (Å²) in [6.45, 7) is 4.23. The topological polar surface area (TPSA) is 90.1 Å². The second-order valence-corrected chi connectivity index (χ2v) is 6.85. The van der Waals surface area contributed by atoms with E-state index in [0.29, 0.717) is 6.54 Å². The SMILES string of the molecule is COc1ccc2n[nH]c(CN3C[C@@H](Cc4cc(C)[nH]n4)[C@H](O)C3)c2c1. The average Bonchev–Trinajstić information content (AvgIpc) is 3.28. The number of likely N-dealkylation sites (tertiary alicyclic amines) is 1. The molecule has 3 heterocycles. The fourth-order valence-corrected chi connectivity index (χ4v) is 3.63. The molecule has 132 valence electrons. The number of hydrogen-bond donors (Lipinski definition) is 3. The van der Waals surface area contributed by atoms with Crippen LogP contribution < -0.4 is 4.74 Å². The van der Waals surface area contributed by atoms with Crippen molar-refractivity contribution < 1.29 is 9.84 Å². The highest BCUT2D eigenvalue weighted by Gasteiger charge is 2.32. The van der Waals surface area contributed by atoms with Gasteiger partial charge in [-0.2, -0.15) is 10.2 Å². The van der Waals surface area contributed by atoms with Crippen molar-refractivity contribution in [3.63, 3.8) is 0 Å². The summed E-state index contributed by atoms with van der Waals surface area (Å²) in [4.78, 5) is 2.27. The lowest BCUT2D eigenvalue weighted by Crippen LogP contribution is -2.21. The molecule has 0 spiro atoms. The van der Waals surface area contributed by atoms with Gasteiger partial charge in [-0.3, -0.25) is 15.1 Å². The number of hydrogen-bond acceptors (Lipinski definition) is 5. The first-order chi connectivity index (χ1) is 12.1. The number of fused-ring (bicyclic) bond motifs is 1. The molecule has 3 aromatic rings. The molecule has 7 nitrogen and oxygen atoms in total. The minimum Gasteiger partial charge on any atom is -0.497 e. The summed E-state index contributed by atoms with van der Waals surface area (Å²) in [5.74, 6) is 1.02. The van der Waals surface area contributed by atoms with Crippen LogP contribution in [0.15, 0.2) is 24.3 Å². The lowest BCUT2D eigenvalue weighted by Gasteiger charge is -2.14. The van der Waals surface area contributed by atoms with Crippen molar-refractivity contribution in [2.75, 3.05) is 20.2 Å². The van der Waals surface area contributed by atoms with Gasteiger partial charge in [-0.25, -0.2) is 0 Å². The van der Waals surface area contributed by atoms with Crippen molar-refractivity contribution in [3.05, 3.63) is 41.3 Å². The summed E-state index contributed by atoms with van der Waals surface area (Å²) in [6, 6.07) is 7.92. The molecule has 0 unspecified atom stereocenters. The highest BCUT2D eigenvalue weighted by atomic mass is 16.5. The van der Waals surface area contributed by atoms with E-state index in [-0.39, 0.29) is 12.0 Å². The highest BCUT2D eigenvalue weighted by Crippen LogP contribution is 2.26. The van der Waals surface area contributed by atoms with Crippen molar-refractivity contribution in [1.82, 2.24) is 25.3 Å². The monoisotopic (exact) mass is 341 g/mol. The molecule has 4 rings (SSSR count). The number of aliphatic hydroxyl groups excluding tert-OH is 1. The summed E-state index contributed by atoms with van der Waals surface area (Å²) in [5, 5.41) is 26.2. The molecule has 1 saturated heterocycles. The normalized spacial score (nSPS) is 21.2. The van der Waals surface area contributed by atoms with Gasteiger partial charge >= 0.3 is 0 Å². The highest BCUT2D eigenvalue weighted by molar-refractivity contribution is 5.82. The first-order valence-corrected chi connectivity index (χ1v) is 8.54. The van der Waals surface area contributed by atoms with Gasteiger partial charge in [-0.15, -0.1) is 0 Å². The number of nitrogens with zero attached hydrogens (tertiary/aromatic N) is 3. The number of nitrogens with one attached hydrogen (secondary N) is 2. The van der Waals surface area contributed by atoms with Gasteiger partial charge in [0.05, 0.1) is 30.1 Å². The number of aromatic amines is 2. The lowest BCUT2D eigenvalue weighted by molar-refractivity contribution is 0.140. The number of methoxy groups -OCH3 is 1. The van der Waals surface area contributed by atoms with Crippen LogP contribution >= 0.6 is 0 Å². The van der Waals surface area contributed by atoms with Gasteiger partial charge in [-0.1, -0.05) is 0 Å². The molecule has 1 fully saturated rings. The molecule has 1 aliphatic heterocycles. The molecule has 1 aliphatic rings. The van der Waals surface area contributed by atoms with Gasteiger partial charge in [0.2, 0.25) is 0 Å². The zero-order chi connectivity index (χ0) is 17.4. The fraction of sp³-hybridized carbons (Fsp3) is 0.444. The van der Waals surface area contributed by atoms with Gasteiger partial charge in [0, 0.05) is 36.6 Å². The Morgan fingerprint density at radius 2 is 2.12 bits per heavy atom. The number of aryl methyl sites for hydroxylation is 1. The molecule has 7 heteroatoms. The minimum absolute atomic E-state index is 0.200. The molecule has 0 aliphatic carbocycles. The van der Waals surface area contributed by atoms with Gasteiger partial charge in [0.1, 0.15) is 5.75 Å². The maximum atomic E-state index is 10.4. The number of benzene rings is 1. The zero-order valence-electron chi connectivity index (χ0n) is 14.5. The molecular weight excluding hydrogens is 318 g/mol. The Morgan fingerprint density at radius 1 is 1.24 bits per heavy atom. The molecule has 0 radical (unpaired) electrons. The third kappa shape index (κ3) is 3.25. The van der Waals surface area contributed by atoms with E-state index in [2.05, 4.69) is 25.3 Å². The largest absolute Gasteiger partial charge is 0.497 e. The Hall–Kier alpha value is -2.38. The quantitative estimate of drug-likeness (QED) is 0.656. The van der Waals surface area contributed by atoms with Crippen molar-refractivity contribution in [2.45, 2.75) is 26.0 Å². The number of ether oxygens (including phenoxy) is 1. The fourth-order valence-electron chi connectivity index (χ4n) is 3.63. The minimum atomic E-state index is -0.333. The summed E-state index contributed by atoms with van der Waals surface area (Å²) >= 11 is 0. The first kappa shape index (κ1) is 16.1. The van der Waals surface area contributed by atoms with E-state index in [1.54, 1.807) is 7.11 Å². The van der Waals surface area contributed by atoms with E-state index >= 15 is 0 Å². The average molecular weight is 341 g/mol. The Balaban J connectivity index is 1.46. The summed E-state index contributed by atoms with van der Waals surface area (Å²) in [5.41, 5.74) is 4.05. The van der Waals surface area contributed by atoms with E-state index in [1.165, 1.54) is 0 Å². The van der Waals surface area contributed by atoms with E-state index in [9.17, 15) is 5.11 Å². The molecule has 3 N–H and O–H groups in total. The number of β-amino-alcohol motifs (C(OH)–C–C–N with tert-alkyl or cyclic N) is 1. The molecule has 2 aromatic heterocycles. The second kappa shape index (κ2) is 6.50. The van der Waals surface area contributed by atoms with Crippen molar-refractivity contribution in [1.29, 1.82) is 0 Å². The third-order valence-corrected chi connectivity index (χ3v) is 4.93. The van der Waals surface area contributed by atoms with Crippen LogP contribution in [0.25, 0.3) is 10.9 Å². The van der Waals surface area contributed by atoms with Crippen molar-refractivity contribution in [3.8, 4) is 5.75 Å². The van der Waals surface area contributed by atoms with Crippen LogP contribution in [0.1, 0.15) is 17.1 Å². The van der Waals surface area contributed by atoms with Gasteiger partial charge < -0.3 is 9.84 Å². The van der Waals surface area contributed by atoms with Crippen LogP contribution in [0.5, 0.6) is 5.75 Å². The standard InChI is InChI=1S/C18H23N5O2/c1-11-5-13(20-19-11)6-12-8-23(10-18(12)24)9-17-15-7-14(25-2)3-4-16(15)21-22-17/h3-5,7,12,18,24H,6,8-10H2,1-2H3,(H,19,20)(H,21,22)/t12-,18-/m1/s1. The predicted octanol–water partition coefficient (Wildman–Crippen LogP) is 1.64. The van der Waals surface area contributed by atoms with Crippen LogP contribution in [0.3, 0.4) is 0 Å². The van der Waals surface area contributed by atoms with E-state index in [4.69, 9.17) is 4.74 Å². The molecule has 25 heavy (non-hydrogen) atoms. The first-order valence-electron chi connectivity index (χ1n) is 8.54. The van der Waals surface area contributed by atoms with Crippen LogP contribution in [0.4, 0.5) is 0 Å². The predicted molar refractivity (Wildman–Crippen MR) is 94.4 cm³/mol. The summed E-state index contributed by atoms with van der Waals surface area (Å²) < 4.78 is 5.31. The van der Waals surface area contributed by atoms with E-state index in [1.807, 2.05) is 31.2 Å². The smallest absolute Gasteiger partial charge is 0.119 e. The summed E-state index contributed by atoms with van der Waals surface area (Å²) in [7, 11) is 1.67. The molecule has 2 atom stereocenters.